The van der Waals surface area contributed by atoms with Crippen LogP contribution in [0.5, 0.6) is 0 Å². The van der Waals surface area contributed by atoms with Crippen LogP contribution in [0.3, 0.4) is 0 Å². The molecule has 0 aliphatic carbocycles. The van der Waals surface area contributed by atoms with Gasteiger partial charge in [0.15, 0.2) is 0 Å². The number of carbonyl (C=O) groups is 1. The summed E-state index contributed by atoms with van der Waals surface area (Å²) in [5.41, 5.74) is 2.36. The summed E-state index contributed by atoms with van der Waals surface area (Å²) in [7, 11) is 0. The molecule has 3 rings (SSSR count). The molecule has 0 unspecified atom stereocenters. The van der Waals surface area contributed by atoms with Gasteiger partial charge in [-0.3, -0.25) is 4.98 Å². The van der Waals surface area contributed by atoms with Crippen molar-refractivity contribution in [2.24, 2.45) is 0 Å². The zero-order valence-electron chi connectivity index (χ0n) is 9.29. The van der Waals surface area contributed by atoms with Crippen LogP contribution in [0.15, 0.2) is 42.7 Å². The van der Waals surface area contributed by atoms with E-state index in [-0.39, 0.29) is 5.69 Å². The fourth-order valence-corrected chi connectivity index (χ4v) is 1.80. The minimum absolute atomic E-state index is 0.140. The quantitative estimate of drug-likeness (QED) is 0.719. The van der Waals surface area contributed by atoms with Gasteiger partial charge < -0.3 is 10.1 Å². The number of aromatic nitrogens is 3. The maximum Gasteiger partial charge on any atom is 0.352 e. The van der Waals surface area contributed by atoms with Gasteiger partial charge in [0, 0.05) is 23.3 Å². The van der Waals surface area contributed by atoms with E-state index < -0.39 is 5.97 Å². The smallest absolute Gasteiger partial charge is 0.352 e. The Hall–Kier alpha value is -2.69. The summed E-state index contributed by atoms with van der Waals surface area (Å²) in [5, 5.41) is 9.68. The molecule has 2 N–H and O–H groups in total. The van der Waals surface area contributed by atoms with Crippen LogP contribution in [-0.2, 0) is 0 Å². The van der Waals surface area contributed by atoms with Crippen molar-refractivity contribution in [2.75, 3.05) is 0 Å². The molecule has 5 nitrogen and oxygen atoms in total. The van der Waals surface area contributed by atoms with Crippen molar-refractivity contribution < 1.29 is 9.90 Å². The van der Waals surface area contributed by atoms with Crippen LogP contribution in [0.1, 0.15) is 10.5 Å². The largest absolute Gasteiger partial charge is 0.477 e. The zero-order chi connectivity index (χ0) is 12.5. The van der Waals surface area contributed by atoms with Gasteiger partial charge >= 0.3 is 5.97 Å². The Morgan fingerprint density at radius 3 is 2.89 bits per heavy atom. The van der Waals surface area contributed by atoms with Gasteiger partial charge in [-0.1, -0.05) is 0 Å². The summed E-state index contributed by atoms with van der Waals surface area (Å²) in [5.74, 6) is -0.990. The summed E-state index contributed by atoms with van der Waals surface area (Å²) in [6.07, 6.45) is 3.41. The molecule has 3 aromatic heterocycles. The highest BCUT2D eigenvalue weighted by Gasteiger charge is 2.09. The second-order valence-corrected chi connectivity index (χ2v) is 3.86. The molecule has 0 bridgehead atoms. The topological polar surface area (TPSA) is 78.9 Å². The SMILES string of the molecule is O=C(O)c1cc2ccc(-c3cccnc3)nc2[nH]1. The molecule has 0 spiro atoms. The lowest BCUT2D eigenvalue weighted by atomic mass is 10.2. The van der Waals surface area contributed by atoms with Crippen molar-refractivity contribution >= 4 is 17.0 Å². The number of carboxylic acid groups (broad SMARTS) is 1. The highest BCUT2D eigenvalue weighted by atomic mass is 16.4. The highest BCUT2D eigenvalue weighted by molar-refractivity contribution is 5.93. The first-order chi connectivity index (χ1) is 8.74. The van der Waals surface area contributed by atoms with Crippen molar-refractivity contribution in [2.45, 2.75) is 0 Å². The van der Waals surface area contributed by atoms with Crippen molar-refractivity contribution in [3.63, 3.8) is 0 Å². The molecule has 88 valence electrons. The average molecular weight is 239 g/mol. The maximum absolute atomic E-state index is 10.9. The van der Waals surface area contributed by atoms with Gasteiger partial charge in [0.05, 0.1) is 5.69 Å². The van der Waals surface area contributed by atoms with E-state index in [9.17, 15) is 4.79 Å². The maximum atomic E-state index is 10.9. The summed E-state index contributed by atoms with van der Waals surface area (Å²) in [6, 6.07) is 8.99. The zero-order valence-corrected chi connectivity index (χ0v) is 9.29. The lowest BCUT2D eigenvalue weighted by molar-refractivity contribution is 0.0691. The Morgan fingerprint density at radius 2 is 2.17 bits per heavy atom. The van der Waals surface area contributed by atoms with E-state index in [4.69, 9.17) is 5.11 Å². The molecule has 0 atom stereocenters. The number of nitrogens with one attached hydrogen (secondary N) is 1. The Balaban J connectivity index is 2.14. The van der Waals surface area contributed by atoms with Crippen molar-refractivity contribution in [1.29, 1.82) is 0 Å². The lowest BCUT2D eigenvalue weighted by Gasteiger charge is -1.99. The number of aromatic carboxylic acids is 1. The molecule has 0 fully saturated rings. The van der Waals surface area contributed by atoms with Gasteiger partial charge in [-0.05, 0) is 30.3 Å². The summed E-state index contributed by atoms with van der Waals surface area (Å²) in [4.78, 5) is 22.1. The Morgan fingerprint density at radius 1 is 1.28 bits per heavy atom. The molecular weight excluding hydrogens is 230 g/mol. The second-order valence-electron chi connectivity index (χ2n) is 3.86. The van der Waals surface area contributed by atoms with Gasteiger partial charge in [0.1, 0.15) is 11.3 Å². The molecule has 18 heavy (non-hydrogen) atoms. The molecule has 0 amide bonds. The van der Waals surface area contributed by atoms with Crippen LogP contribution in [0.25, 0.3) is 22.3 Å². The number of aromatic amines is 1. The third-order valence-electron chi connectivity index (χ3n) is 2.67. The first-order valence-electron chi connectivity index (χ1n) is 5.37. The fraction of sp³-hybridized carbons (Fsp3) is 0. The molecular formula is C13H9N3O2. The van der Waals surface area contributed by atoms with Crippen LogP contribution < -0.4 is 0 Å². The standard InChI is InChI=1S/C13H9N3O2/c17-13(18)11-6-8-3-4-10(15-12(8)16-11)9-2-1-5-14-7-9/h1-7H,(H,15,16)(H,17,18). The molecule has 3 aromatic rings. The number of H-pyrrole nitrogens is 1. The van der Waals surface area contributed by atoms with E-state index in [1.165, 1.54) is 0 Å². The minimum Gasteiger partial charge on any atom is -0.477 e. The van der Waals surface area contributed by atoms with Crippen molar-refractivity contribution in [3.05, 3.63) is 48.4 Å². The van der Waals surface area contributed by atoms with Crippen molar-refractivity contribution in [1.82, 2.24) is 15.0 Å². The number of rotatable bonds is 2. The second kappa shape index (κ2) is 3.96. The van der Waals surface area contributed by atoms with E-state index in [1.54, 1.807) is 18.5 Å². The van der Waals surface area contributed by atoms with Crippen LogP contribution in [0.4, 0.5) is 0 Å². The molecule has 0 radical (unpaired) electrons. The Kier molecular flexibility index (Phi) is 2.30. The van der Waals surface area contributed by atoms with E-state index in [2.05, 4.69) is 15.0 Å². The number of carboxylic acids is 1. The van der Waals surface area contributed by atoms with Crippen LogP contribution >= 0.6 is 0 Å². The third kappa shape index (κ3) is 1.71. The third-order valence-corrected chi connectivity index (χ3v) is 2.67. The number of pyridine rings is 2. The van der Waals surface area contributed by atoms with Gasteiger partial charge in [-0.2, -0.15) is 0 Å². The molecule has 0 aliphatic rings. The molecule has 0 aliphatic heterocycles. The highest BCUT2D eigenvalue weighted by Crippen LogP contribution is 2.20. The van der Waals surface area contributed by atoms with Gasteiger partial charge in [-0.15, -0.1) is 0 Å². The van der Waals surface area contributed by atoms with E-state index >= 15 is 0 Å². The molecule has 5 heteroatoms. The van der Waals surface area contributed by atoms with Crippen LogP contribution in [0.2, 0.25) is 0 Å². The van der Waals surface area contributed by atoms with E-state index in [0.717, 1.165) is 16.6 Å². The lowest BCUT2D eigenvalue weighted by Crippen LogP contribution is -1.95. The Bertz CT molecular complexity index is 719. The minimum atomic E-state index is -0.990. The predicted octanol–water partition coefficient (Wildman–Crippen LogP) is 2.32. The van der Waals surface area contributed by atoms with Gasteiger partial charge in [0.25, 0.3) is 0 Å². The van der Waals surface area contributed by atoms with Gasteiger partial charge in [-0.25, -0.2) is 9.78 Å². The predicted molar refractivity (Wildman–Crippen MR) is 66.3 cm³/mol. The fourth-order valence-electron chi connectivity index (χ4n) is 1.80. The molecule has 3 heterocycles. The van der Waals surface area contributed by atoms with Crippen LogP contribution in [-0.4, -0.2) is 26.0 Å². The first kappa shape index (κ1) is 10.5. The van der Waals surface area contributed by atoms with Crippen molar-refractivity contribution in [3.8, 4) is 11.3 Å². The molecule has 0 aromatic carbocycles. The molecule has 0 saturated carbocycles. The number of hydrogen-bond donors (Lipinski definition) is 2. The molecule has 0 saturated heterocycles. The first-order valence-corrected chi connectivity index (χ1v) is 5.37. The van der Waals surface area contributed by atoms with E-state index in [1.807, 2.05) is 24.3 Å². The number of nitrogens with zero attached hydrogens (tertiary/aromatic N) is 2. The Labute approximate surface area is 102 Å². The van der Waals surface area contributed by atoms with E-state index in [0.29, 0.717) is 5.65 Å². The van der Waals surface area contributed by atoms with Crippen LogP contribution in [0, 0.1) is 0 Å². The summed E-state index contributed by atoms with van der Waals surface area (Å²) < 4.78 is 0. The normalized spacial score (nSPS) is 10.7. The number of hydrogen-bond acceptors (Lipinski definition) is 3. The van der Waals surface area contributed by atoms with Gasteiger partial charge in [0.2, 0.25) is 0 Å². The average Bonchev–Trinajstić information content (AvgIpc) is 2.82. The number of fused-ring (bicyclic) bond motifs is 1. The summed E-state index contributed by atoms with van der Waals surface area (Å²) >= 11 is 0. The monoisotopic (exact) mass is 239 g/mol. The summed E-state index contributed by atoms with van der Waals surface area (Å²) in [6.45, 7) is 0.